The second-order valence-electron chi connectivity index (χ2n) is 9.34. The van der Waals surface area contributed by atoms with Crippen molar-refractivity contribution in [2.45, 2.75) is 77.2 Å². The molecule has 2 aromatic rings. The molecule has 0 unspecified atom stereocenters. The number of esters is 1. The van der Waals surface area contributed by atoms with Crippen molar-refractivity contribution >= 4 is 35.4 Å². The number of hydrogen-bond donors (Lipinski definition) is 1. The van der Waals surface area contributed by atoms with Gasteiger partial charge in [0.05, 0.1) is 11.6 Å². The van der Waals surface area contributed by atoms with Crippen LogP contribution in [0, 0.1) is 0 Å². The normalized spacial score (nSPS) is 11.2. The third-order valence-electron chi connectivity index (χ3n) is 4.96. The van der Waals surface area contributed by atoms with Crippen LogP contribution in [0.15, 0.2) is 41.3 Å². The van der Waals surface area contributed by atoms with Crippen LogP contribution >= 0.6 is 23.4 Å². The summed E-state index contributed by atoms with van der Waals surface area (Å²) in [6.45, 7) is 10.5. The number of hydrogen-bond acceptors (Lipinski definition) is 6. The van der Waals surface area contributed by atoms with E-state index in [1.54, 1.807) is 30.8 Å². The van der Waals surface area contributed by atoms with Crippen molar-refractivity contribution in [3.05, 3.63) is 52.5 Å². The molecular formula is C28H38ClNO5S. The highest BCUT2D eigenvalue weighted by Gasteiger charge is 2.15. The van der Waals surface area contributed by atoms with Crippen molar-refractivity contribution in [2.75, 3.05) is 18.9 Å². The Kier molecular flexibility index (Phi) is 12.4. The second kappa shape index (κ2) is 15.0. The summed E-state index contributed by atoms with van der Waals surface area (Å²) in [5, 5.41) is 3.37. The molecule has 0 aliphatic carbocycles. The van der Waals surface area contributed by atoms with Gasteiger partial charge in [-0.15, -0.1) is 11.8 Å². The molecule has 0 heterocycles. The Labute approximate surface area is 224 Å². The fourth-order valence-electron chi connectivity index (χ4n) is 3.28. The number of nitrogens with one attached hydrogen (secondary N) is 1. The number of rotatable bonds is 13. The Balaban J connectivity index is 1.83. The summed E-state index contributed by atoms with van der Waals surface area (Å²) in [6.07, 6.45) is 3.44. The van der Waals surface area contributed by atoms with Gasteiger partial charge in [-0.1, -0.05) is 44.0 Å². The van der Waals surface area contributed by atoms with Crippen molar-refractivity contribution in [1.82, 2.24) is 5.32 Å². The maximum Gasteiger partial charge on any atom is 0.407 e. The molecule has 6 nitrogen and oxygen atoms in total. The van der Waals surface area contributed by atoms with Crippen LogP contribution < -0.4 is 14.8 Å². The highest BCUT2D eigenvalue weighted by Crippen LogP contribution is 2.31. The highest BCUT2D eigenvalue weighted by molar-refractivity contribution is 7.99. The molecule has 0 radical (unpaired) electrons. The van der Waals surface area contributed by atoms with E-state index < -0.39 is 11.7 Å². The van der Waals surface area contributed by atoms with Gasteiger partial charge in [-0.05, 0) is 69.4 Å². The molecule has 0 aliphatic heterocycles. The third-order valence-corrected chi connectivity index (χ3v) is 6.54. The molecule has 0 aliphatic rings. The first-order chi connectivity index (χ1) is 17.1. The number of halogens is 1. The van der Waals surface area contributed by atoms with Gasteiger partial charge in [0.15, 0.2) is 0 Å². The molecule has 0 atom stereocenters. The van der Waals surface area contributed by atoms with Gasteiger partial charge in [0, 0.05) is 29.7 Å². The number of ether oxygens (including phenoxy) is 3. The average Bonchev–Trinajstić information content (AvgIpc) is 2.80. The predicted molar refractivity (Wildman–Crippen MR) is 147 cm³/mol. The lowest BCUT2D eigenvalue weighted by Gasteiger charge is -2.19. The summed E-state index contributed by atoms with van der Waals surface area (Å²) in [7, 11) is 0. The maximum atomic E-state index is 11.9. The molecule has 2 rings (SSSR count). The standard InChI is InChI=1S/C28H38ClNO5S/c1-6-9-21-11-10-20(14-15-30-27(32)35-28(3,4)5)18-24(21)33-16-8-17-36-25-13-12-22(19-23(25)29)34-26(31)7-2/h10-13,18-19H,6-9,14-17H2,1-5H3,(H,30,32). The largest absolute Gasteiger partial charge is 0.493 e. The lowest BCUT2D eigenvalue weighted by Crippen LogP contribution is -2.33. The number of amides is 1. The summed E-state index contributed by atoms with van der Waals surface area (Å²) in [5.41, 5.74) is 1.78. The zero-order valence-corrected chi connectivity index (χ0v) is 23.5. The van der Waals surface area contributed by atoms with Crippen molar-refractivity contribution < 1.29 is 23.8 Å². The first kappa shape index (κ1) is 29.8. The SMILES string of the molecule is CCCc1ccc(CCNC(=O)OC(C)(C)C)cc1OCCCSc1ccc(OC(=O)CC)cc1Cl. The number of thioether (sulfide) groups is 1. The molecule has 1 N–H and O–H groups in total. The van der Waals surface area contributed by atoms with E-state index in [0.29, 0.717) is 36.8 Å². The van der Waals surface area contributed by atoms with E-state index in [-0.39, 0.29) is 5.97 Å². The zero-order valence-electron chi connectivity index (χ0n) is 21.9. The second-order valence-corrected chi connectivity index (χ2v) is 10.9. The summed E-state index contributed by atoms with van der Waals surface area (Å²) < 4.78 is 16.6. The first-order valence-electron chi connectivity index (χ1n) is 12.5. The van der Waals surface area contributed by atoms with Gasteiger partial charge in [0.2, 0.25) is 0 Å². The number of carbonyl (C=O) groups excluding carboxylic acids is 2. The van der Waals surface area contributed by atoms with Crippen LogP contribution in [0.25, 0.3) is 0 Å². The first-order valence-corrected chi connectivity index (χ1v) is 13.8. The minimum absolute atomic E-state index is 0.283. The fraction of sp³-hybridized carbons (Fsp3) is 0.500. The molecule has 198 valence electrons. The monoisotopic (exact) mass is 535 g/mol. The molecule has 0 aromatic heterocycles. The van der Waals surface area contributed by atoms with Crippen LogP contribution in [0.2, 0.25) is 5.02 Å². The van der Waals surface area contributed by atoms with E-state index in [1.165, 1.54) is 5.56 Å². The van der Waals surface area contributed by atoms with Crippen LogP contribution in [0.4, 0.5) is 4.79 Å². The van der Waals surface area contributed by atoms with Crippen LogP contribution in [-0.2, 0) is 22.4 Å². The smallest absolute Gasteiger partial charge is 0.407 e. The van der Waals surface area contributed by atoms with Crippen LogP contribution in [0.1, 0.15) is 65.0 Å². The van der Waals surface area contributed by atoms with E-state index in [1.807, 2.05) is 26.8 Å². The average molecular weight is 536 g/mol. The van der Waals surface area contributed by atoms with E-state index >= 15 is 0 Å². The van der Waals surface area contributed by atoms with Crippen LogP contribution in [0.5, 0.6) is 11.5 Å². The molecule has 1 amide bonds. The highest BCUT2D eigenvalue weighted by atomic mass is 35.5. The van der Waals surface area contributed by atoms with Gasteiger partial charge in [-0.25, -0.2) is 4.79 Å². The van der Waals surface area contributed by atoms with E-state index in [2.05, 4.69) is 30.4 Å². The number of carbonyl (C=O) groups is 2. The Morgan fingerprint density at radius 3 is 2.50 bits per heavy atom. The van der Waals surface area contributed by atoms with Crippen molar-refractivity contribution in [2.24, 2.45) is 0 Å². The predicted octanol–water partition coefficient (Wildman–Crippen LogP) is 7.24. The summed E-state index contributed by atoms with van der Waals surface area (Å²) >= 11 is 8.00. The van der Waals surface area contributed by atoms with Gasteiger partial charge in [0.1, 0.15) is 17.1 Å². The molecule has 0 spiro atoms. The van der Waals surface area contributed by atoms with Gasteiger partial charge in [0.25, 0.3) is 0 Å². The van der Waals surface area contributed by atoms with Gasteiger partial charge >= 0.3 is 12.1 Å². The van der Waals surface area contributed by atoms with Crippen LogP contribution in [-0.4, -0.2) is 36.6 Å². The third kappa shape index (κ3) is 11.1. The van der Waals surface area contributed by atoms with E-state index in [0.717, 1.165) is 41.2 Å². The number of benzene rings is 2. The lowest BCUT2D eigenvalue weighted by molar-refractivity contribution is -0.134. The van der Waals surface area contributed by atoms with E-state index in [9.17, 15) is 9.59 Å². The number of aryl methyl sites for hydroxylation is 1. The lowest BCUT2D eigenvalue weighted by atomic mass is 10.0. The molecule has 8 heteroatoms. The van der Waals surface area contributed by atoms with Crippen LogP contribution in [0.3, 0.4) is 0 Å². The summed E-state index contributed by atoms with van der Waals surface area (Å²) in [6, 6.07) is 11.6. The summed E-state index contributed by atoms with van der Waals surface area (Å²) in [5.74, 6) is 1.92. The molecule has 0 saturated heterocycles. The summed E-state index contributed by atoms with van der Waals surface area (Å²) in [4.78, 5) is 24.3. The molecule has 0 saturated carbocycles. The number of alkyl carbamates (subject to hydrolysis) is 1. The van der Waals surface area contributed by atoms with Gasteiger partial charge in [-0.2, -0.15) is 0 Å². The molecule has 2 aromatic carbocycles. The van der Waals surface area contributed by atoms with Crippen molar-refractivity contribution in [1.29, 1.82) is 0 Å². The Hall–Kier alpha value is -2.38. The molecular weight excluding hydrogens is 498 g/mol. The quantitative estimate of drug-likeness (QED) is 0.126. The molecule has 0 fully saturated rings. The molecule has 0 bridgehead atoms. The van der Waals surface area contributed by atoms with Crippen molar-refractivity contribution in [3.63, 3.8) is 0 Å². The minimum Gasteiger partial charge on any atom is -0.493 e. The topological polar surface area (TPSA) is 73.9 Å². The van der Waals surface area contributed by atoms with Crippen molar-refractivity contribution in [3.8, 4) is 11.5 Å². The van der Waals surface area contributed by atoms with E-state index in [4.69, 9.17) is 25.8 Å². The molecule has 36 heavy (non-hydrogen) atoms. The minimum atomic E-state index is -0.510. The van der Waals surface area contributed by atoms with Gasteiger partial charge in [-0.3, -0.25) is 4.79 Å². The zero-order chi connectivity index (χ0) is 26.6. The Morgan fingerprint density at radius 1 is 1.06 bits per heavy atom. The Morgan fingerprint density at radius 2 is 1.83 bits per heavy atom. The van der Waals surface area contributed by atoms with Gasteiger partial charge < -0.3 is 19.5 Å². The maximum absolute atomic E-state index is 11.9. The fourth-order valence-corrected chi connectivity index (χ4v) is 4.45. The Bertz CT molecular complexity index is 1010.